The van der Waals surface area contributed by atoms with E-state index in [2.05, 4.69) is 16.9 Å². The smallest absolute Gasteiger partial charge is 0.335 e. The van der Waals surface area contributed by atoms with Gasteiger partial charge in [-0.3, -0.25) is 4.98 Å². The van der Waals surface area contributed by atoms with Gasteiger partial charge in [0.15, 0.2) is 0 Å². The zero-order chi connectivity index (χ0) is 30.4. The van der Waals surface area contributed by atoms with Gasteiger partial charge in [-0.1, -0.05) is 71.7 Å². The summed E-state index contributed by atoms with van der Waals surface area (Å²) in [5, 5.41) is 11.2. The van der Waals surface area contributed by atoms with Crippen LogP contribution in [0.5, 0.6) is 0 Å². The van der Waals surface area contributed by atoms with Crippen molar-refractivity contribution >= 4 is 61.9 Å². The predicted molar refractivity (Wildman–Crippen MR) is 175 cm³/mol. The third kappa shape index (κ3) is 8.37. The zero-order valence-electron chi connectivity index (χ0n) is 22.9. The van der Waals surface area contributed by atoms with Gasteiger partial charge in [0, 0.05) is 38.7 Å². The van der Waals surface area contributed by atoms with Crippen LogP contribution in [0.4, 0.5) is 0 Å². The summed E-state index contributed by atoms with van der Waals surface area (Å²) in [5.74, 6) is -0.408. The monoisotopic (exact) mass is 650 g/mol. The van der Waals surface area contributed by atoms with Gasteiger partial charge in [-0.25, -0.2) is 17.9 Å². The molecule has 10 heteroatoms. The van der Waals surface area contributed by atoms with E-state index in [0.717, 1.165) is 46.1 Å². The number of hydrogen-bond donors (Lipinski definition) is 2. The fourth-order valence-electron chi connectivity index (χ4n) is 4.59. The highest BCUT2D eigenvalue weighted by molar-refractivity contribution is 7.98. The minimum Gasteiger partial charge on any atom is -0.478 e. The molecule has 0 bridgehead atoms. The Hall–Kier alpha value is -3.40. The van der Waals surface area contributed by atoms with Crippen LogP contribution in [0.3, 0.4) is 0 Å². The minimum absolute atomic E-state index is 0.142. The van der Waals surface area contributed by atoms with Crippen molar-refractivity contribution in [2.75, 3.05) is 6.54 Å². The Bertz CT molecular complexity index is 1850. The molecule has 2 N–H and O–H groups in total. The van der Waals surface area contributed by atoms with E-state index in [1.54, 1.807) is 48.2 Å². The number of carbonyl (C=O) groups is 1. The van der Waals surface area contributed by atoms with Crippen LogP contribution in [0.15, 0.2) is 108 Å². The third-order valence-corrected chi connectivity index (χ3v) is 10.2. The fourth-order valence-corrected chi connectivity index (χ4v) is 7.16. The van der Waals surface area contributed by atoms with E-state index in [1.165, 1.54) is 12.1 Å². The number of carboxylic acids is 1. The molecule has 6 nitrogen and oxygen atoms in total. The van der Waals surface area contributed by atoms with Crippen molar-refractivity contribution in [3.8, 4) is 0 Å². The van der Waals surface area contributed by atoms with Crippen LogP contribution < -0.4 is 4.72 Å². The Morgan fingerprint density at radius 2 is 1.56 bits per heavy atom. The number of thioether (sulfide) groups is 1. The molecule has 0 radical (unpaired) electrons. The molecule has 0 aliphatic carbocycles. The highest BCUT2D eigenvalue weighted by Crippen LogP contribution is 2.32. The maximum atomic E-state index is 13.1. The number of pyridine rings is 1. The van der Waals surface area contributed by atoms with Crippen molar-refractivity contribution in [3.63, 3.8) is 0 Å². The van der Waals surface area contributed by atoms with Gasteiger partial charge in [-0.05, 0) is 84.1 Å². The number of aromatic nitrogens is 1. The Morgan fingerprint density at radius 1 is 0.837 bits per heavy atom. The number of hydrogen-bond acceptors (Lipinski definition) is 5. The van der Waals surface area contributed by atoms with E-state index in [9.17, 15) is 18.3 Å². The highest BCUT2D eigenvalue weighted by Gasteiger charge is 2.19. The largest absolute Gasteiger partial charge is 0.478 e. The van der Waals surface area contributed by atoms with Gasteiger partial charge in [0.1, 0.15) is 0 Å². The first-order chi connectivity index (χ1) is 20.7. The van der Waals surface area contributed by atoms with Gasteiger partial charge in [-0.2, -0.15) is 0 Å². The van der Waals surface area contributed by atoms with E-state index < -0.39 is 16.0 Å². The molecular formula is C33H28Cl2N2O4S2. The van der Waals surface area contributed by atoms with Gasteiger partial charge in [0.05, 0.1) is 16.0 Å². The summed E-state index contributed by atoms with van der Waals surface area (Å²) in [6.45, 7) is 0.166. The van der Waals surface area contributed by atoms with Crippen LogP contribution in [0.25, 0.3) is 10.9 Å². The molecule has 1 heterocycles. The Kier molecular flexibility index (Phi) is 10.1. The molecule has 0 spiro atoms. The maximum absolute atomic E-state index is 13.1. The predicted octanol–water partition coefficient (Wildman–Crippen LogP) is 7.98. The topological polar surface area (TPSA) is 96.4 Å². The molecule has 5 aromatic rings. The number of nitrogens with one attached hydrogen (secondary N) is 1. The van der Waals surface area contributed by atoms with Crippen LogP contribution in [-0.2, 0) is 28.6 Å². The lowest BCUT2D eigenvalue weighted by atomic mass is 10.0. The normalized spacial score (nSPS) is 12.3. The first-order valence-corrected chi connectivity index (χ1v) is 16.8. The summed E-state index contributed by atoms with van der Waals surface area (Å²) in [6, 6.07) is 30.7. The van der Waals surface area contributed by atoms with E-state index in [4.69, 9.17) is 28.2 Å². The highest BCUT2D eigenvalue weighted by atomic mass is 35.5. The van der Waals surface area contributed by atoms with Crippen molar-refractivity contribution in [1.82, 2.24) is 9.71 Å². The van der Waals surface area contributed by atoms with Crippen molar-refractivity contribution in [3.05, 3.63) is 141 Å². The zero-order valence-corrected chi connectivity index (χ0v) is 26.1. The number of sulfonamides is 1. The average molecular weight is 652 g/mol. The van der Waals surface area contributed by atoms with Gasteiger partial charge in [-0.15, -0.1) is 11.8 Å². The molecular weight excluding hydrogens is 623 g/mol. The van der Waals surface area contributed by atoms with E-state index >= 15 is 0 Å². The van der Waals surface area contributed by atoms with Gasteiger partial charge >= 0.3 is 5.97 Å². The van der Waals surface area contributed by atoms with E-state index in [-0.39, 0.29) is 22.3 Å². The molecule has 4 aromatic carbocycles. The second-order valence-corrected chi connectivity index (χ2v) is 13.8. The SMILES string of the molecule is O=C(O)c1ccc(CSC(CNS(=O)(=O)c2ccc(Cl)cc2)c2cccc(CCc3ccc4ccc(Cl)cc4n3)c2)cc1. The Balaban J connectivity index is 1.33. The molecule has 43 heavy (non-hydrogen) atoms. The lowest BCUT2D eigenvalue weighted by molar-refractivity contribution is 0.0697. The summed E-state index contributed by atoms with van der Waals surface area (Å²) >= 11 is 13.7. The third-order valence-electron chi connectivity index (χ3n) is 6.94. The second-order valence-electron chi connectivity index (χ2n) is 9.99. The lowest BCUT2D eigenvalue weighted by Crippen LogP contribution is -2.27. The van der Waals surface area contributed by atoms with Gasteiger partial charge in [0.2, 0.25) is 10.0 Å². The number of fused-ring (bicyclic) bond motifs is 1. The number of benzene rings is 4. The number of carboxylic acid groups (broad SMARTS) is 1. The molecule has 220 valence electrons. The first kappa shape index (κ1) is 31.0. The molecule has 1 atom stereocenters. The quantitative estimate of drug-likeness (QED) is 0.142. The molecule has 0 saturated carbocycles. The van der Waals surface area contributed by atoms with Crippen LogP contribution >= 0.6 is 35.0 Å². The maximum Gasteiger partial charge on any atom is 0.335 e. The van der Waals surface area contributed by atoms with E-state index in [1.807, 2.05) is 42.5 Å². The average Bonchev–Trinajstić information content (AvgIpc) is 3.00. The molecule has 1 unspecified atom stereocenters. The minimum atomic E-state index is -3.76. The van der Waals surface area contributed by atoms with Crippen molar-refractivity contribution in [2.24, 2.45) is 0 Å². The number of halogens is 2. The van der Waals surface area contributed by atoms with Crippen molar-refractivity contribution in [1.29, 1.82) is 0 Å². The Labute approximate surface area is 265 Å². The summed E-state index contributed by atoms with van der Waals surface area (Å²) in [7, 11) is -3.76. The number of nitrogens with zero attached hydrogens (tertiary/aromatic N) is 1. The van der Waals surface area contributed by atoms with Crippen LogP contribution in [0, 0.1) is 0 Å². The molecule has 0 amide bonds. The molecule has 0 fully saturated rings. The lowest BCUT2D eigenvalue weighted by Gasteiger charge is -2.19. The number of aryl methyl sites for hydroxylation is 2. The number of aromatic carboxylic acids is 1. The standard InChI is InChI=1S/C33H28Cl2N2O4S2/c34-27-12-16-30(17-13-27)43(40,41)36-20-32(42-21-23-4-7-25(8-5-23)33(38)39)26-3-1-2-22(18-26)6-14-29-15-10-24-9-11-28(35)19-31(24)37-29/h1-5,7-13,15-19,32,36H,6,14,20-21H2,(H,38,39). The van der Waals surface area contributed by atoms with Gasteiger partial charge in [0.25, 0.3) is 0 Å². The summed E-state index contributed by atoms with van der Waals surface area (Å²) in [5.41, 5.74) is 5.09. The molecule has 0 aliphatic heterocycles. The number of rotatable bonds is 12. The molecule has 0 aliphatic rings. The summed E-state index contributed by atoms with van der Waals surface area (Å²) < 4.78 is 28.9. The molecule has 0 saturated heterocycles. The molecule has 5 rings (SSSR count). The molecule has 1 aromatic heterocycles. The van der Waals surface area contributed by atoms with Crippen molar-refractivity contribution in [2.45, 2.75) is 28.7 Å². The fraction of sp³-hybridized carbons (Fsp3) is 0.152. The second kappa shape index (κ2) is 13.9. The van der Waals surface area contributed by atoms with Crippen LogP contribution in [-0.4, -0.2) is 31.0 Å². The van der Waals surface area contributed by atoms with Crippen LogP contribution in [0.1, 0.15) is 38.0 Å². The van der Waals surface area contributed by atoms with Crippen LogP contribution in [0.2, 0.25) is 10.0 Å². The first-order valence-electron chi connectivity index (χ1n) is 13.5. The van der Waals surface area contributed by atoms with Crippen molar-refractivity contribution < 1.29 is 18.3 Å². The summed E-state index contributed by atoms with van der Waals surface area (Å²) in [6.07, 6.45) is 1.50. The summed E-state index contributed by atoms with van der Waals surface area (Å²) in [4.78, 5) is 16.1. The Morgan fingerprint density at radius 3 is 2.30 bits per heavy atom. The van der Waals surface area contributed by atoms with Gasteiger partial charge < -0.3 is 5.11 Å². The van der Waals surface area contributed by atoms with E-state index in [0.29, 0.717) is 15.8 Å².